The summed E-state index contributed by atoms with van der Waals surface area (Å²) >= 11 is 0. The van der Waals surface area contributed by atoms with Gasteiger partial charge in [0, 0.05) is 18.2 Å². The van der Waals surface area contributed by atoms with E-state index in [-0.39, 0.29) is 23.2 Å². The Kier molecular flexibility index (Phi) is 4.97. The standard InChI is InChI=1S/C19H15F5N2O3/c1-18(2,29-13-7-11(20)6-12(21)8-13)9-26-16(27)14-5-10(19(22,23)24)3-4-15(14)25-17(26)28/h3-8H,9H2,1-2H3,(H,25,28). The third kappa shape index (κ3) is 4.47. The number of H-pyrrole nitrogens is 1. The largest absolute Gasteiger partial charge is 0.486 e. The second-order valence-electron chi connectivity index (χ2n) is 7.05. The van der Waals surface area contributed by atoms with Crippen LogP contribution in [0.3, 0.4) is 0 Å². The Morgan fingerprint density at radius 2 is 1.62 bits per heavy atom. The first-order valence-electron chi connectivity index (χ1n) is 8.35. The van der Waals surface area contributed by atoms with Gasteiger partial charge >= 0.3 is 11.9 Å². The molecule has 1 heterocycles. The van der Waals surface area contributed by atoms with Crippen molar-refractivity contribution >= 4 is 10.9 Å². The van der Waals surface area contributed by atoms with Gasteiger partial charge in [0.25, 0.3) is 5.56 Å². The summed E-state index contributed by atoms with van der Waals surface area (Å²) in [4.78, 5) is 27.3. The first kappa shape index (κ1) is 20.6. The normalized spacial score (nSPS) is 12.4. The number of fused-ring (bicyclic) bond motifs is 1. The van der Waals surface area contributed by atoms with E-state index in [4.69, 9.17) is 4.74 Å². The summed E-state index contributed by atoms with van der Waals surface area (Å²) in [5.74, 6) is -1.93. The van der Waals surface area contributed by atoms with E-state index in [1.807, 2.05) is 0 Å². The quantitative estimate of drug-likeness (QED) is 0.660. The predicted molar refractivity (Wildman–Crippen MR) is 94.9 cm³/mol. The Hall–Kier alpha value is -3.17. The highest BCUT2D eigenvalue weighted by Gasteiger charge is 2.31. The molecule has 3 rings (SSSR count). The maximum atomic E-state index is 13.3. The molecule has 0 radical (unpaired) electrons. The van der Waals surface area contributed by atoms with E-state index < -0.39 is 40.2 Å². The van der Waals surface area contributed by atoms with Crippen molar-refractivity contribution in [3.8, 4) is 5.75 Å². The minimum Gasteiger partial charge on any atom is -0.486 e. The lowest BCUT2D eigenvalue weighted by molar-refractivity contribution is -0.137. The molecular formula is C19H15F5N2O3. The molecule has 29 heavy (non-hydrogen) atoms. The van der Waals surface area contributed by atoms with E-state index in [1.165, 1.54) is 13.8 Å². The van der Waals surface area contributed by atoms with Crippen LogP contribution in [0.25, 0.3) is 10.9 Å². The number of hydrogen-bond acceptors (Lipinski definition) is 3. The minimum absolute atomic E-state index is 0.0461. The zero-order valence-corrected chi connectivity index (χ0v) is 15.2. The van der Waals surface area contributed by atoms with E-state index in [0.717, 1.165) is 24.3 Å². The Bertz CT molecular complexity index is 1170. The third-order valence-corrected chi connectivity index (χ3v) is 4.08. The monoisotopic (exact) mass is 414 g/mol. The molecule has 0 atom stereocenters. The van der Waals surface area contributed by atoms with Crippen LogP contribution < -0.4 is 16.0 Å². The van der Waals surface area contributed by atoms with Crippen molar-refractivity contribution in [3.05, 3.63) is 74.4 Å². The summed E-state index contributed by atoms with van der Waals surface area (Å²) in [6.45, 7) is 2.53. The lowest BCUT2D eigenvalue weighted by Gasteiger charge is -2.27. The van der Waals surface area contributed by atoms with E-state index >= 15 is 0 Å². The number of aromatic nitrogens is 2. The Morgan fingerprint density at radius 1 is 1.00 bits per heavy atom. The highest BCUT2D eigenvalue weighted by Crippen LogP contribution is 2.30. The fourth-order valence-electron chi connectivity index (χ4n) is 2.89. The molecule has 0 saturated carbocycles. The Morgan fingerprint density at radius 3 is 2.21 bits per heavy atom. The molecule has 3 aromatic rings. The van der Waals surface area contributed by atoms with Gasteiger partial charge in [0.05, 0.1) is 23.0 Å². The zero-order chi connectivity index (χ0) is 21.6. The topological polar surface area (TPSA) is 64.1 Å². The number of hydrogen-bond donors (Lipinski definition) is 1. The minimum atomic E-state index is -4.66. The van der Waals surface area contributed by atoms with Crippen LogP contribution in [0, 0.1) is 11.6 Å². The van der Waals surface area contributed by atoms with Crippen molar-refractivity contribution in [3.63, 3.8) is 0 Å². The van der Waals surface area contributed by atoms with Gasteiger partial charge in [0.1, 0.15) is 23.0 Å². The molecule has 1 aromatic heterocycles. The summed E-state index contributed by atoms with van der Waals surface area (Å²) < 4.78 is 71.7. The number of benzene rings is 2. The number of nitrogens with one attached hydrogen (secondary N) is 1. The van der Waals surface area contributed by atoms with Gasteiger partial charge in [-0.2, -0.15) is 13.2 Å². The van der Waals surface area contributed by atoms with Crippen LogP contribution in [-0.2, 0) is 12.7 Å². The van der Waals surface area contributed by atoms with Gasteiger partial charge in [-0.3, -0.25) is 9.36 Å². The molecule has 0 aliphatic carbocycles. The van der Waals surface area contributed by atoms with Gasteiger partial charge in [0.15, 0.2) is 0 Å². The third-order valence-electron chi connectivity index (χ3n) is 4.08. The summed E-state index contributed by atoms with van der Waals surface area (Å²) in [7, 11) is 0. The molecule has 0 spiro atoms. The lowest BCUT2D eigenvalue weighted by Crippen LogP contribution is -2.44. The SMILES string of the molecule is CC(C)(Cn1c(=O)[nH]c2ccc(C(F)(F)F)cc2c1=O)Oc1cc(F)cc(F)c1. The van der Waals surface area contributed by atoms with Crippen LogP contribution in [0.15, 0.2) is 46.0 Å². The smallest absolute Gasteiger partial charge is 0.416 e. The van der Waals surface area contributed by atoms with Crippen molar-refractivity contribution in [1.82, 2.24) is 9.55 Å². The molecule has 154 valence electrons. The maximum Gasteiger partial charge on any atom is 0.416 e. The van der Waals surface area contributed by atoms with E-state index in [9.17, 15) is 31.5 Å². The number of aromatic amines is 1. The molecule has 2 aromatic carbocycles. The summed E-state index contributed by atoms with van der Waals surface area (Å²) in [6.07, 6.45) is -4.66. The van der Waals surface area contributed by atoms with Crippen molar-refractivity contribution < 1.29 is 26.7 Å². The average Bonchev–Trinajstić information content (AvgIpc) is 2.56. The van der Waals surface area contributed by atoms with Crippen LogP contribution in [0.1, 0.15) is 19.4 Å². The van der Waals surface area contributed by atoms with E-state index in [0.29, 0.717) is 16.7 Å². The second-order valence-corrected chi connectivity index (χ2v) is 7.05. The van der Waals surface area contributed by atoms with Gasteiger partial charge in [0.2, 0.25) is 0 Å². The first-order chi connectivity index (χ1) is 13.4. The van der Waals surface area contributed by atoms with Crippen LogP contribution >= 0.6 is 0 Å². The summed E-state index contributed by atoms with van der Waals surface area (Å²) in [6, 6.07) is 4.91. The first-order valence-corrected chi connectivity index (χ1v) is 8.35. The molecule has 0 bridgehead atoms. The number of alkyl halides is 3. The van der Waals surface area contributed by atoms with Gasteiger partial charge in [-0.25, -0.2) is 13.6 Å². The molecular weight excluding hydrogens is 399 g/mol. The highest BCUT2D eigenvalue weighted by atomic mass is 19.4. The van der Waals surface area contributed by atoms with Crippen molar-refractivity contribution in [1.29, 1.82) is 0 Å². The molecule has 0 aliphatic rings. The fourth-order valence-corrected chi connectivity index (χ4v) is 2.89. The van der Waals surface area contributed by atoms with Gasteiger partial charge < -0.3 is 9.72 Å². The van der Waals surface area contributed by atoms with Crippen molar-refractivity contribution in [2.75, 3.05) is 0 Å². The Labute approximate surface area is 160 Å². The fraction of sp³-hybridized carbons (Fsp3) is 0.263. The van der Waals surface area contributed by atoms with Crippen LogP contribution in [0.4, 0.5) is 22.0 Å². The van der Waals surface area contributed by atoms with Crippen LogP contribution in [-0.4, -0.2) is 15.2 Å². The highest BCUT2D eigenvalue weighted by molar-refractivity contribution is 5.78. The summed E-state index contributed by atoms with van der Waals surface area (Å²) in [5, 5.41) is -0.327. The molecule has 0 saturated heterocycles. The van der Waals surface area contributed by atoms with Gasteiger partial charge in [-0.1, -0.05) is 0 Å². The zero-order valence-electron chi connectivity index (χ0n) is 15.2. The molecule has 1 N–H and O–H groups in total. The molecule has 10 heteroatoms. The van der Waals surface area contributed by atoms with Crippen LogP contribution in [0.5, 0.6) is 5.75 Å². The average molecular weight is 414 g/mol. The molecule has 0 amide bonds. The summed E-state index contributed by atoms with van der Waals surface area (Å²) in [5.41, 5.74) is -4.19. The number of ether oxygens (including phenoxy) is 1. The maximum absolute atomic E-state index is 13.3. The van der Waals surface area contributed by atoms with Crippen LogP contribution in [0.2, 0.25) is 0 Å². The second kappa shape index (κ2) is 7.02. The van der Waals surface area contributed by atoms with Gasteiger partial charge in [-0.15, -0.1) is 0 Å². The lowest BCUT2D eigenvalue weighted by atomic mass is 10.1. The molecule has 0 fully saturated rings. The predicted octanol–water partition coefficient (Wildman–Crippen LogP) is 3.84. The Balaban J connectivity index is 2.02. The van der Waals surface area contributed by atoms with E-state index in [1.54, 1.807) is 0 Å². The number of rotatable bonds is 4. The van der Waals surface area contributed by atoms with Crippen molar-refractivity contribution in [2.24, 2.45) is 0 Å². The molecule has 5 nitrogen and oxygen atoms in total. The van der Waals surface area contributed by atoms with Crippen molar-refractivity contribution in [2.45, 2.75) is 32.2 Å². The van der Waals surface area contributed by atoms with Gasteiger partial charge in [-0.05, 0) is 32.0 Å². The molecule has 0 unspecified atom stereocenters. The van der Waals surface area contributed by atoms with E-state index in [2.05, 4.69) is 4.98 Å². The number of halogens is 5. The number of nitrogens with zero attached hydrogens (tertiary/aromatic N) is 1. The molecule has 0 aliphatic heterocycles.